The van der Waals surface area contributed by atoms with Crippen LogP contribution in [0.3, 0.4) is 0 Å². The van der Waals surface area contributed by atoms with Gasteiger partial charge in [0.1, 0.15) is 0 Å². The maximum absolute atomic E-state index is 11.1. The molecule has 0 saturated heterocycles. The third kappa shape index (κ3) is 6.38. The Kier molecular flexibility index (Phi) is 5.82. The molecule has 6 heteroatoms. The van der Waals surface area contributed by atoms with Gasteiger partial charge >= 0.3 is 11.8 Å². The summed E-state index contributed by atoms with van der Waals surface area (Å²) in [5.41, 5.74) is 0. The summed E-state index contributed by atoms with van der Waals surface area (Å²) in [7, 11) is 7.21. The van der Waals surface area contributed by atoms with Crippen LogP contribution in [0.5, 0.6) is 0 Å². The Balaban J connectivity index is 3.71. The molecule has 82 valence electrons. The predicted octanol–water partition coefficient (Wildman–Crippen LogP) is -1.74. The average molecular weight is 202 g/mol. The van der Waals surface area contributed by atoms with Crippen molar-refractivity contribution in [2.45, 2.75) is 0 Å². The Morgan fingerprint density at radius 3 is 1.36 bits per heavy atom. The highest BCUT2D eigenvalue weighted by molar-refractivity contribution is 6.35. The third-order valence-corrected chi connectivity index (χ3v) is 1.32. The monoisotopic (exact) mass is 202 g/mol. The fourth-order valence-electron chi connectivity index (χ4n) is 0.620. The number of nitrogens with one attached hydrogen (secondary N) is 2. The molecule has 0 bridgehead atoms. The molecule has 0 fully saturated rings. The summed E-state index contributed by atoms with van der Waals surface area (Å²) in [5, 5.41) is 4.92. The largest absolute Gasteiger partial charge is 0.335 e. The minimum Gasteiger partial charge on any atom is -0.335 e. The van der Waals surface area contributed by atoms with Crippen molar-refractivity contribution in [1.82, 2.24) is 20.4 Å². The second kappa shape index (κ2) is 6.33. The molecule has 0 rings (SSSR count). The number of rotatable bonds is 4. The van der Waals surface area contributed by atoms with Gasteiger partial charge in [-0.05, 0) is 28.2 Å². The fourth-order valence-corrected chi connectivity index (χ4v) is 0.620. The quantitative estimate of drug-likeness (QED) is 0.419. The first kappa shape index (κ1) is 12.9. The van der Waals surface area contributed by atoms with Gasteiger partial charge in [0.2, 0.25) is 0 Å². The van der Waals surface area contributed by atoms with E-state index in [1.165, 1.54) is 0 Å². The fraction of sp³-hybridized carbons (Fsp3) is 0.750. The van der Waals surface area contributed by atoms with Crippen LogP contribution in [0.2, 0.25) is 0 Å². The molecule has 0 unspecified atom stereocenters. The number of hydrogen-bond donors (Lipinski definition) is 2. The van der Waals surface area contributed by atoms with Gasteiger partial charge in [-0.3, -0.25) is 19.4 Å². The van der Waals surface area contributed by atoms with Gasteiger partial charge in [0.15, 0.2) is 0 Å². The molecule has 2 amide bonds. The first-order valence-corrected chi connectivity index (χ1v) is 4.29. The Labute approximate surface area is 84.2 Å². The molecule has 0 atom stereocenters. The van der Waals surface area contributed by atoms with Gasteiger partial charge in [-0.15, -0.1) is 0 Å². The number of carbonyl (C=O) groups is 2. The maximum Gasteiger partial charge on any atom is 0.310 e. The molecule has 0 aromatic carbocycles. The molecule has 0 spiro atoms. The molecule has 2 N–H and O–H groups in total. The summed E-state index contributed by atoms with van der Waals surface area (Å²) in [6.07, 6.45) is 0. The smallest absolute Gasteiger partial charge is 0.310 e. The van der Waals surface area contributed by atoms with Crippen LogP contribution >= 0.6 is 0 Å². The number of nitrogens with zero attached hydrogens (tertiary/aromatic N) is 2. The van der Waals surface area contributed by atoms with Crippen LogP contribution in [0.4, 0.5) is 0 Å². The summed E-state index contributed by atoms with van der Waals surface area (Å²) in [6.45, 7) is 0.711. The zero-order valence-electron chi connectivity index (χ0n) is 9.13. The van der Waals surface area contributed by atoms with Crippen molar-refractivity contribution in [3.8, 4) is 0 Å². The summed E-state index contributed by atoms with van der Waals surface area (Å²) >= 11 is 0. The van der Waals surface area contributed by atoms with Crippen LogP contribution in [0, 0.1) is 0 Å². The maximum atomic E-state index is 11.1. The summed E-state index contributed by atoms with van der Waals surface area (Å²) < 4.78 is 0. The average Bonchev–Trinajstić information content (AvgIpc) is 2.09. The second-order valence-corrected chi connectivity index (χ2v) is 3.49. The van der Waals surface area contributed by atoms with Crippen molar-refractivity contribution in [2.24, 2.45) is 0 Å². The topological polar surface area (TPSA) is 64.7 Å². The van der Waals surface area contributed by atoms with E-state index in [1.807, 2.05) is 0 Å². The molecule has 0 aromatic rings. The van der Waals surface area contributed by atoms with Gasteiger partial charge in [-0.1, -0.05) is 0 Å². The van der Waals surface area contributed by atoms with E-state index in [0.29, 0.717) is 13.3 Å². The zero-order chi connectivity index (χ0) is 11.1. The van der Waals surface area contributed by atoms with Gasteiger partial charge in [0.25, 0.3) is 0 Å². The summed E-state index contributed by atoms with van der Waals surface area (Å²) in [6, 6.07) is 0. The van der Waals surface area contributed by atoms with Gasteiger partial charge in [0.05, 0.1) is 13.3 Å². The lowest BCUT2D eigenvalue weighted by Gasteiger charge is -2.13. The van der Waals surface area contributed by atoms with Crippen molar-refractivity contribution in [2.75, 3.05) is 41.5 Å². The van der Waals surface area contributed by atoms with E-state index in [2.05, 4.69) is 10.6 Å². The third-order valence-electron chi connectivity index (χ3n) is 1.32. The normalized spacial score (nSPS) is 10.4. The lowest BCUT2D eigenvalue weighted by molar-refractivity contribution is -0.139. The minimum atomic E-state index is -0.611. The van der Waals surface area contributed by atoms with E-state index in [-0.39, 0.29) is 0 Å². The first-order valence-electron chi connectivity index (χ1n) is 4.29. The van der Waals surface area contributed by atoms with E-state index in [9.17, 15) is 9.59 Å². The molecule has 14 heavy (non-hydrogen) atoms. The molecule has 0 heterocycles. The van der Waals surface area contributed by atoms with Gasteiger partial charge in [0, 0.05) is 0 Å². The van der Waals surface area contributed by atoms with Crippen molar-refractivity contribution >= 4 is 11.8 Å². The van der Waals surface area contributed by atoms with Crippen LogP contribution in [0.1, 0.15) is 0 Å². The zero-order valence-corrected chi connectivity index (χ0v) is 9.13. The summed E-state index contributed by atoms with van der Waals surface area (Å²) in [5.74, 6) is -1.22. The SMILES string of the molecule is CN(C)CNC(=O)C(=O)NCN(C)C. The van der Waals surface area contributed by atoms with E-state index in [0.717, 1.165) is 0 Å². The van der Waals surface area contributed by atoms with Crippen LogP contribution in [0.25, 0.3) is 0 Å². The van der Waals surface area contributed by atoms with E-state index in [1.54, 1.807) is 38.0 Å². The molecular weight excluding hydrogens is 184 g/mol. The number of carbonyl (C=O) groups excluding carboxylic acids is 2. The molecule has 0 aliphatic rings. The molecule has 0 saturated carbocycles. The van der Waals surface area contributed by atoms with Gasteiger partial charge in [-0.25, -0.2) is 0 Å². The lowest BCUT2D eigenvalue weighted by Crippen LogP contribution is -2.45. The molecular formula is C8H18N4O2. The Hall–Kier alpha value is -1.14. The lowest BCUT2D eigenvalue weighted by atomic mass is 10.5. The van der Waals surface area contributed by atoms with Crippen molar-refractivity contribution in [3.63, 3.8) is 0 Å². The van der Waals surface area contributed by atoms with Crippen LogP contribution in [0.15, 0.2) is 0 Å². The molecule has 6 nitrogen and oxygen atoms in total. The van der Waals surface area contributed by atoms with E-state index < -0.39 is 11.8 Å². The second-order valence-electron chi connectivity index (χ2n) is 3.49. The van der Waals surface area contributed by atoms with Crippen molar-refractivity contribution in [1.29, 1.82) is 0 Å². The Morgan fingerprint density at radius 1 is 0.857 bits per heavy atom. The minimum absolute atomic E-state index is 0.355. The van der Waals surface area contributed by atoms with Crippen LogP contribution in [-0.2, 0) is 9.59 Å². The van der Waals surface area contributed by atoms with Crippen molar-refractivity contribution < 1.29 is 9.59 Å². The van der Waals surface area contributed by atoms with Crippen LogP contribution < -0.4 is 10.6 Å². The molecule has 0 aromatic heterocycles. The van der Waals surface area contributed by atoms with Gasteiger partial charge < -0.3 is 10.6 Å². The molecule has 0 radical (unpaired) electrons. The number of hydrogen-bond acceptors (Lipinski definition) is 4. The predicted molar refractivity (Wildman–Crippen MR) is 53.4 cm³/mol. The van der Waals surface area contributed by atoms with Crippen molar-refractivity contribution in [3.05, 3.63) is 0 Å². The number of amides is 2. The standard InChI is InChI=1S/C8H18N4O2/c1-11(2)5-9-7(13)8(14)10-6-12(3)4/h5-6H2,1-4H3,(H,9,13)(H,10,14). The van der Waals surface area contributed by atoms with E-state index >= 15 is 0 Å². The highest BCUT2D eigenvalue weighted by Crippen LogP contribution is 1.73. The molecule has 0 aliphatic carbocycles. The first-order chi connectivity index (χ1) is 6.43. The Morgan fingerprint density at radius 2 is 1.14 bits per heavy atom. The highest BCUT2D eigenvalue weighted by atomic mass is 16.2. The highest BCUT2D eigenvalue weighted by Gasteiger charge is 2.11. The van der Waals surface area contributed by atoms with E-state index in [4.69, 9.17) is 0 Å². The van der Waals surface area contributed by atoms with Crippen LogP contribution in [-0.4, -0.2) is 63.1 Å². The van der Waals surface area contributed by atoms with Gasteiger partial charge in [-0.2, -0.15) is 0 Å². The molecule has 0 aliphatic heterocycles. The Bertz CT molecular complexity index is 182. The summed E-state index contributed by atoms with van der Waals surface area (Å²) in [4.78, 5) is 25.7.